The number of pyridine rings is 1. The van der Waals surface area contributed by atoms with Gasteiger partial charge in [0.25, 0.3) is 0 Å². The second-order valence-corrected chi connectivity index (χ2v) is 10.1. The molecule has 0 N–H and O–H groups in total. The molecule has 0 amide bonds. The average Bonchev–Trinajstić information content (AvgIpc) is 2.93. The maximum Gasteiger partial charge on any atom is 0.305 e. The number of hydrogen-bond acceptors (Lipinski definition) is 7. The molecule has 0 bridgehead atoms. The average molecular weight is 503 g/mol. The number of hydrogen-bond donors (Lipinski definition) is 0. The van der Waals surface area contributed by atoms with Crippen LogP contribution in [0.15, 0.2) is 96.7 Å². The van der Waals surface area contributed by atoms with Gasteiger partial charge in [0.05, 0.1) is 7.11 Å². The Morgan fingerprint density at radius 1 is 0.833 bits per heavy atom. The predicted octanol–water partition coefficient (Wildman–Crippen LogP) is 4.04. The van der Waals surface area contributed by atoms with Gasteiger partial charge in [-0.3, -0.25) is 9.78 Å². The van der Waals surface area contributed by atoms with E-state index < -0.39 is 10.0 Å². The van der Waals surface area contributed by atoms with E-state index in [1.54, 1.807) is 30.7 Å². The Labute approximate surface area is 210 Å². The van der Waals surface area contributed by atoms with E-state index in [2.05, 4.69) is 15.0 Å². The molecule has 0 radical (unpaired) electrons. The first kappa shape index (κ1) is 25.2. The number of sulfonamides is 1. The number of carbonyl (C=O) groups excluding carboxylic acids is 1. The van der Waals surface area contributed by atoms with Gasteiger partial charge in [0.2, 0.25) is 10.0 Å². The van der Waals surface area contributed by atoms with E-state index >= 15 is 0 Å². The highest BCUT2D eigenvalue weighted by molar-refractivity contribution is 7.89. The zero-order valence-corrected chi connectivity index (χ0v) is 20.6. The lowest BCUT2D eigenvalue weighted by Crippen LogP contribution is -2.30. The van der Waals surface area contributed by atoms with Crippen LogP contribution in [0.1, 0.15) is 23.1 Å². The first-order valence-electron chi connectivity index (χ1n) is 11.3. The van der Waals surface area contributed by atoms with Gasteiger partial charge in [0.1, 0.15) is 11.2 Å². The minimum Gasteiger partial charge on any atom is -0.469 e. The molecule has 0 aliphatic rings. The molecule has 2 aromatic carbocycles. The standard InChI is InChI=1S/C27H26N4O4S/c1-35-27(32)12-9-21-4-2-5-23(14-21)19-31(36(33,34)26-6-3-13-28-17-26)18-22-7-10-24(11-8-22)25-15-29-20-30-16-25/h2-8,10-11,13-17,20H,9,12,18-19H2,1H3. The molecule has 9 heteroatoms. The molecule has 0 aliphatic heterocycles. The summed E-state index contributed by atoms with van der Waals surface area (Å²) >= 11 is 0. The summed E-state index contributed by atoms with van der Waals surface area (Å²) in [5.41, 5.74) is 4.42. The lowest BCUT2D eigenvalue weighted by Gasteiger charge is -2.23. The third-order valence-corrected chi connectivity index (χ3v) is 7.45. The highest BCUT2D eigenvalue weighted by Gasteiger charge is 2.25. The van der Waals surface area contributed by atoms with Crippen molar-refractivity contribution in [3.05, 3.63) is 108 Å². The highest BCUT2D eigenvalue weighted by Crippen LogP contribution is 2.23. The van der Waals surface area contributed by atoms with E-state index in [4.69, 9.17) is 4.74 Å². The van der Waals surface area contributed by atoms with Crippen LogP contribution in [0.4, 0.5) is 0 Å². The van der Waals surface area contributed by atoms with Crippen LogP contribution in [0.3, 0.4) is 0 Å². The topological polar surface area (TPSA) is 102 Å². The van der Waals surface area contributed by atoms with Crippen LogP contribution in [0.5, 0.6) is 0 Å². The normalized spacial score (nSPS) is 11.4. The van der Waals surface area contributed by atoms with Crippen molar-refractivity contribution in [3.63, 3.8) is 0 Å². The van der Waals surface area contributed by atoms with E-state index in [1.807, 2.05) is 48.5 Å². The van der Waals surface area contributed by atoms with E-state index in [0.29, 0.717) is 6.42 Å². The van der Waals surface area contributed by atoms with Crippen molar-refractivity contribution < 1.29 is 17.9 Å². The van der Waals surface area contributed by atoms with Gasteiger partial charge >= 0.3 is 5.97 Å². The second-order valence-electron chi connectivity index (χ2n) is 8.18. The molecule has 4 rings (SSSR count). The summed E-state index contributed by atoms with van der Waals surface area (Å²) in [6, 6.07) is 18.4. The van der Waals surface area contributed by atoms with Crippen molar-refractivity contribution in [1.29, 1.82) is 0 Å². The fourth-order valence-corrected chi connectivity index (χ4v) is 5.15. The Bertz CT molecular complexity index is 1400. The molecule has 36 heavy (non-hydrogen) atoms. The van der Waals surface area contributed by atoms with Crippen molar-refractivity contribution >= 4 is 16.0 Å². The van der Waals surface area contributed by atoms with Crippen LogP contribution in [-0.4, -0.2) is 40.8 Å². The summed E-state index contributed by atoms with van der Waals surface area (Å²) in [4.78, 5) is 23.8. The maximum absolute atomic E-state index is 13.6. The number of nitrogens with zero attached hydrogens (tertiary/aromatic N) is 4. The summed E-state index contributed by atoms with van der Waals surface area (Å²) in [7, 11) is -2.46. The van der Waals surface area contributed by atoms with E-state index in [0.717, 1.165) is 27.8 Å². The number of rotatable bonds is 10. The number of methoxy groups -OCH3 is 1. The predicted molar refractivity (Wildman–Crippen MR) is 135 cm³/mol. The lowest BCUT2D eigenvalue weighted by molar-refractivity contribution is -0.140. The van der Waals surface area contributed by atoms with Gasteiger partial charge in [-0.25, -0.2) is 18.4 Å². The van der Waals surface area contributed by atoms with Gasteiger partial charge < -0.3 is 4.74 Å². The molecule has 0 saturated carbocycles. The fraction of sp³-hybridized carbons (Fsp3) is 0.185. The van der Waals surface area contributed by atoms with Crippen LogP contribution in [0, 0.1) is 0 Å². The molecule has 2 aromatic heterocycles. The summed E-state index contributed by atoms with van der Waals surface area (Å²) in [6.07, 6.45) is 8.61. The highest BCUT2D eigenvalue weighted by atomic mass is 32.2. The zero-order chi connectivity index (χ0) is 25.4. The molecular formula is C27H26N4O4S. The number of aromatic nitrogens is 3. The summed E-state index contributed by atoms with van der Waals surface area (Å²) in [5.74, 6) is -0.285. The Morgan fingerprint density at radius 3 is 2.25 bits per heavy atom. The van der Waals surface area contributed by atoms with Crippen LogP contribution in [-0.2, 0) is 39.1 Å². The molecule has 0 saturated heterocycles. The smallest absolute Gasteiger partial charge is 0.305 e. The Kier molecular flexibility index (Phi) is 8.14. The Hall–Kier alpha value is -3.95. The summed E-state index contributed by atoms with van der Waals surface area (Å²) < 4.78 is 33.3. The summed E-state index contributed by atoms with van der Waals surface area (Å²) in [6.45, 7) is 0.340. The van der Waals surface area contributed by atoms with Crippen LogP contribution in [0.25, 0.3) is 11.1 Å². The number of carbonyl (C=O) groups is 1. The molecular weight excluding hydrogens is 476 g/mol. The molecule has 184 valence electrons. The molecule has 0 aliphatic carbocycles. The maximum atomic E-state index is 13.6. The quantitative estimate of drug-likeness (QED) is 0.302. The van der Waals surface area contributed by atoms with Gasteiger partial charge in [-0.1, -0.05) is 48.5 Å². The lowest BCUT2D eigenvalue weighted by atomic mass is 10.1. The SMILES string of the molecule is COC(=O)CCc1cccc(CN(Cc2ccc(-c3cncnc3)cc2)S(=O)(=O)c2cccnc2)c1. The Balaban J connectivity index is 1.60. The number of aryl methyl sites for hydroxylation is 1. The largest absolute Gasteiger partial charge is 0.469 e. The number of ether oxygens (including phenoxy) is 1. The van der Waals surface area contributed by atoms with Crippen molar-refractivity contribution in [2.75, 3.05) is 7.11 Å². The van der Waals surface area contributed by atoms with Crippen molar-refractivity contribution in [2.45, 2.75) is 30.8 Å². The third-order valence-electron chi connectivity index (χ3n) is 5.67. The van der Waals surface area contributed by atoms with Gasteiger partial charge in [-0.2, -0.15) is 4.31 Å². The van der Waals surface area contributed by atoms with Gasteiger partial charge in [-0.05, 0) is 40.8 Å². The minimum atomic E-state index is -3.83. The van der Waals surface area contributed by atoms with Crippen molar-refractivity contribution in [1.82, 2.24) is 19.3 Å². The first-order valence-corrected chi connectivity index (χ1v) is 12.8. The third kappa shape index (κ3) is 6.38. The van der Waals surface area contributed by atoms with Crippen molar-refractivity contribution in [3.8, 4) is 11.1 Å². The van der Waals surface area contributed by atoms with E-state index in [-0.39, 0.29) is 30.4 Å². The number of esters is 1. The minimum absolute atomic E-state index is 0.130. The van der Waals surface area contributed by atoms with E-state index in [9.17, 15) is 13.2 Å². The fourth-order valence-electron chi connectivity index (χ4n) is 3.76. The van der Waals surface area contributed by atoms with Gasteiger partial charge in [-0.15, -0.1) is 0 Å². The van der Waals surface area contributed by atoms with Crippen molar-refractivity contribution in [2.24, 2.45) is 0 Å². The molecule has 2 heterocycles. The van der Waals surface area contributed by atoms with Crippen LogP contribution >= 0.6 is 0 Å². The summed E-state index contributed by atoms with van der Waals surface area (Å²) in [5, 5.41) is 0. The molecule has 0 spiro atoms. The molecule has 4 aromatic rings. The van der Waals surface area contributed by atoms with E-state index in [1.165, 1.54) is 23.9 Å². The van der Waals surface area contributed by atoms with Gasteiger partial charge in [0.15, 0.2) is 0 Å². The molecule has 0 unspecified atom stereocenters. The molecule has 0 fully saturated rings. The molecule has 0 atom stereocenters. The van der Waals surface area contributed by atoms with Crippen LogP contribution in [0.2, 0.25) is 0 Å². The second kappa shape index (κ2) is 11.7. The first-order chi connectivity index (χ1) is 17.5. The monoisotopic (exact) mass is 502 g/mol. The number of benzene rings is 2. The Morgan fingerprint density at radius 2 is 1.56 bits per heavy atom. The molecule has 8 nitrogen and oxygen atoms in total. The van der Waals surface area contributed by atoms with Crippen LogP contribution < -0.4 is 0 Å². The van der Waals surface area contributed by atoms with Gasteiger partial charge in [0, 0.05) is 49.9 Å². The zero-order valence-electron chi connectivity index (χ0n) is 19.8.